The summed E-state index contributed by atoms with van der Waals surface area (Å²) in [4.78, 5) is 12.8. The fourth-order valence-corrected chi connectivity index (χ4v) is 6.72. The second-order valence-electron chi connectivity index (χ2n) is 8.07. The Bertz CT molecular complexity index is 1490. The number of nitrogens with zero attached hydrogens (tertiary/aromatic N) is 1. The molecule has 1 amide bonds. The van der Waals surface area contributed by atoms with Gasteiger partial charge in [-0.2, -0.15) is 4.31 Å². The lowest BCUT2D eigenvalue weighted by atomic mass is 10.2. The van der Waals surface area contributed by atoms with E-state index in [1.165, 1.54) is 66.0 Å². The van der Waals surface area contributed by atoms with Crippen LogP contribution in [0.25, 0.3) is 0 Å². The minimum atomic E-state index is -4.08. The van der Waals surface area contributed by atoms with Crippen LogP contribution >= 0.6 is 11.6 Å². The minimum Gasteiger partial charge on any atom is -0.495 e. The molecule has 3 aromatic rings. The summed E-state index contributed by atoms with van der Waals surface area (Å²) in [6, 6.07) is 16.0. The van der Waals surface area contributed by atoms with E-state index in [4.69, 9.17) is 16.3 Å². The second kappa shape index (κ2) is 10.5. The maximum absolute atomic E-state index is 13.0. The van der Waals surface area contributed by atoms with Crippen molar-refractivity contribution in [1.82, 2.24) is 4.31 Å². The minimum absolute atomic E-state index is 0.0298. The van der Waals surface area contributed by atoms with Crippen molar-refractivity contribution in [2.45, 2.75) is 22.6 Å². The first-order valence-corrected chi connectivity index (χ1v) is 14.3. The SMILES string of the molecule is COc1ccc(NC(=O)c2cccc(S(=O)(=O)N3CCCC3)c2)cc1S(=O)(=O)Nc1ccc(Cl)cc1. The lowest BCUT2D eigenvalue weighted by Gasteiger charge is -2.16. The predicted octanol–water partition coefficient (Wildman–Crippen LogP) is 4.19. The Morgan fingerprint density at radius 3 is 2.25 bits per heavy atom. The standard InChI is InChI=1S/C24H24ClN3O6S2/c1-34-22-12-11-20(16-23(22)35(30,31)27-19-9-7-18(25)8-10-19)26-24(29)17-5-4-6-21(15-17)36(32,33)28-13-2-3-14-28/h4-12,15-16,27H,2-3,13-14H2,1H3,(H,26,29). The molecule has 0 aromatic heterocycles. The Morgan fingerprint density at radius 2 is 1.58 bits per heavy atom. The number of benzene rings is 3. The monoisotopic (exact) mass is 549 g/mol. The number of sulfonamides is 2. The molecule has 0 aliphatic carbocycles. The molecular formula is C24H24ClN3O6S2. The number of amides is 1. The number of nitrogens with one attached hydrogen (secondary N) is 2. The van der Waals surface area contributed by atoms with Crippen molar-refractivity contribution in [1.29, 1.82) is 0 Å². The first kappa shape index (κ1) is 26.0. The maximum atomic E-state index is 13.0. The highest BCUT2D eigenvalue weighted by Gasteiger charge is 2.28. The van der Waals surface area contributed by atoms with Crippen LogP contribution in [0.15, 0.2) is 76.5 Å². The largest absolute Gasteiger partial charge is 0.495 e. The highest BCUT2D eigenvalue weighted by Crippen LogP contribution is 2.30. The number of hydrogen-bond acceptors (Lipinski definition) is 6. The number of carbonyl (C=O) groups excluding carboxylic acids is 1. The smallest absolute Gasteiger partial charge is 0.265 e. The number of carbonyl (C=O) groups is 1. The van der Waals surface area contributed by atoms with Crippen molar-refractivity contribution in [3.8, 4) is 5.75 Å². The third-order valence-electron chi connectivity index (χ3n) is 5.61. The van der Waals surface area contributed by atoms with Crippen molar-refractivity contribution in [3.63, 3.8) is 0 Å². The second-order valence-corrected chi connectivity index (χ2v) is 12.1. The normalized spacial score (nSPS) is 14.4. The fourth-order valence-electron chi connectivity index (χ4n) is 3.77. The average molecular weight is 550 g/mol. The van der Waals surface area contributed by atoms with E-state index in [-0.39, 0.29) is 26.8 Å². The molecule has 1 saturated heterocycles. The van der Waals surface area contributed by atoms with Crippen molar-refractivity contribution in [2.75, 3.05) is 30.2 Å². The van der Waals surface area contributed by atoms with Gasteiger partial charge >= 0.3 is 0 Å². The third-order valence-corrected chi connectivity index (χ3v) is 9.16. The van der Waals surface area contributed by atoms with Crippen LogP contribution < -0.4 is 14.8 Å². The Hall–Kier alpha value is -3.12. The van der Waals surface area contributed by atoms with Crippen molar-refractivity contribution >= 4 is 48.9 Å². The van der Waals surface area contributed by atoms with Gasteiger partial charge in [-0.15, -0.1) is 0 Å². The summed E-state index contributed by atoms with van der Waals surface area (Å²) in [5.41, 5.74) is 0.604. The summed E-state index contributed by atoms with van der Waals surface area (Å²) >= 11 is 5.86. The zero-order chi connectivity index (χ0) is 25.9. The van der Waals surface area contributed by atoms with Crippen molar-refractivity contribution in [3.05, 3.63) is 77.3 Å². The van der Waals surface area contributed by atoms with E-state index in [0.717, 1.165) is 12.8 Å². The highest BCUT2D eigenvalue weighted by atomic mass is 35.5. The van der Waals surface area contributed by atoms with Gasteiger partial charge in [0, 0.05) is 35.1 Å². The molecule has 1 heterocycles. The van der Waals surface area contributed by atoms with E-state index in [9.17, 15) is 21.6 Å². The van der Waals surface area contributed by atoms with Gasteiger partial charge in [-0.1, -0.05) is 17.7 Å². The Morgan fingerprint density at radius 1 is 0.917 bits per heavy atom. The Labute approximate surface area is 215 Å². The van der Waals surface area contributed by atoms with Crippen LogP contribution in [0.3, 0.4) is 0 Å². The van der Waals surface area contributed by atoms with Crippen LogP contribution in [-0.4, -0.2) is 47.2 Å². The molecule has 1 fully saturated rings. The molecular weight excluding hydrogens is 526 g/mol. The quantitative estimate of drug-likeness (QED) is 0.434. The van der Waals surface area contributed by atoms with E-state index >= 15 is 0 Å². The molecule has 0 saturated carbocycles. The molecule has 1 aliphatic heterocycles. The first-order valence-electron chi connectivity index (χ1n) is 11.0. The Balaban J connectivity index is 1.58. The summed E-state index contributed by atoms with van der Waals surface area (Å²) in [5, 5.41) is 3.09. The molecule has 36 heavy (non-hydrogen) atoms. The number of methoxy groups -OCH3 is 1. The molecule has 0 atom stereocenters. The molecule has 12 heteroatoms. The molecule has 4 rings (SSSR count). The summed E-state index contributed by atoms with van der Waals surface area (Å²) in [6.45, 7) is 0.901. The van der Waals surface area contributed by atoms with Crippen LogP contribution in [0.5, 0.6) is 5.75 Å². The van der Waals surface area contributed by atoms with Crippen molar-refractivity contribution in [2.24, 2.45) is 0 Å². The molecule has 0 radical (unpaired) electrons. The van der Waals surface area contributed by atoms with Gasteiger partial charge in [0.25, 0.3) is 15.9 Å². The zero-order valence-corrected chi connectivity index (χ0v) is 21.7. The highest BCUT2D eigenvalue weighted by molar-refractivity contribution is 7.92. The van der Waals surface area contributed by atoms with Gasteiger partial charge < -0.3 is 10.1 Å². The fraction of sp³-hybridized carbons (Fsp3) is 0.208. The lowest BCUT2D eigenvalue weighted by Crippen LogP contribution is -2.28. The molecule has 0 bridgehead atoms. The number of ether oxygens (including phenoxy) is 1. The van der Waals surface area contributed by atoms with Crippen LogP contribution in [-0.2, 0) is 20.0 Å². The van der Waals surface area contributed by atoms with Gasteiger partial charge in [0.05, 0.1) is 12.0 Å². The predicted molar refractivity (Wildman–Crippen MR) is 138 cm³/mol. The first-order chi connectivity index (χ1) is 17.1. The summed E-state index contributed by atoms with van der Waals surface area (Å²) in [7, 11) is -6.44. The van der Waals surface area contributed by atoms with Crippen LogP contribution in [0.1, 0.15) is 23.2 Å². The van der Waals surface area contributed by atoms with E-state index < -0.39 is 26.0 Å². The van der Waals surface area contributed by atoms with E-state index in [1.54, 1.807) is 12.1 Å². The summed E-state index contributed by atoms with van der Waals surface area (Å²) in [6.07, 6.45) is 1.60. The number of halogens is 1. The lowest BCUT2D eigenvalue weighted by molar-refractivity contribution is 0.102. The van der Waals surface area contributed by atoms with Crippen LogP contribution in [0.4, 0.5) is 11.4 Å². The molecule has 9 nitrogen and oxygen atoms in total. The Kier molecular flexibility index (Phi) is 7.55. The van der Waals surface area contributed by atoms with E-state index in [2.05, 4.69) is 10.0 Å². The van der Waals surface area contributed by atoms with Gasteiger partial charge in [-0.25, -0.2) is 16.8 Å². The van der Waals surface area contributed by atoms with Crippen molar-refractivity contribution < 1.29 is 26.4 Å². The van der Waals surface area contributed by atoms with Gasteiger partial charge in [0.2, 0.25) is 10.0 Å². The van der Waals surface area contributed by atoms with E-state index in [1.807, 2.05) is 0 Å². The summed E-state index contributed by atoms with van der Waals surface area (Å²) < 4.78 is 60.9. The number of rotatable bonds is 8. The third kappa shape index (κ3) is 5.65. The topological polar surface area (TPSA) is 122 Å². The number of anilines is 2. The van der Waals surface area contributed by atoms with Crippen LogP contribution in [0.2, 0.25) is 5.02 Å². The molecule has 0 spiro atoms. The molecule has 1 aliphatic rings. The van der Waals surface area contributed by atoms with Gasteiger partial charge in [0.1, 0.15) is 10.6 Å². The summed E-state index contributed by atoms with van der Waals surface area (Å²) in [5.74, 6) is -0.513. The molecule has 2 N–H and O–H groups in total. The van der Waals surface area contributed by atoms with Crippen LogP contribution in [0, 0.1) is 0 Å². The average Bonchev–Trinajstić information content (AvgIpc) is 3.41. The van der Waals surface area contributed by atoms with Gasteiger partial charge in [0.15, 0.2) is 0 Å². The van der Waals surface area contributed by atoms with Gasteiger partial charge in [-0.05, 0) is 73.5 Å². The maximum Gasteiger partial charge on any atom is 0.265 e. The van der Waals surface area contributed by atoms with E-state index in [0.29, 0.717) is 23.8 Å². The molecule has 190 valence electrons. The van der Waals surface area contributed by atoms with Gasteiger partial charge in [-0.3, -0.25) is 9.52 Å². The molecule has 3 aromatic carbocycles. The zero-order valence-electron chi connectivity index (χ0n) is 19.3. The molecule has 0 unspecified atom stereocenters. The number of hydrogen-bond donors (Lipinski definition) is 2.